The summed E-state index contributed by atoms with van der Waals surface area (Å²) in [7, 11) is 0. The number of hydrogen-bond donors (Lipinski definition) is 1. The highest BCUT2D eigenvalue weighted by Crippen LogP contribution is 2.22. The fraction of sp³-hybridized carbons (Fsp3) is 0.333. The molecule has 126 valence electrons. The van der Waals surface area contributed by atoms with E-state index in [1.54, 1.807) is 16.2 Å². The van der Waals surface area contributed by atoms with Crippen LogP contribution in [0.5, 0.6) is 0 Å². The first-order valence-electron chi connectivity index (χ1n) is 7.99. The topological polar surface area (TPSA) is 70.7 Å². The molecule has 1 unspecified atom stereocenters. The molecule has 1 saturated heterocycles. The first-order valence-corrected chi connectivity index (χ1v) is 8.87. The SMILES string of the molecule is O=C(O)c1coc(C(=O)N2CCCCCC2/C=C/c2cccs2)c1. The number of carboxylic acids is 1. The van der Waals surface area contributed by atoms with E-state index in [-0.39, 0.29) is 23.3 Å². The summed E-state index contributed by atoms with van der Waals surface area (Å²) in [6, 6.07) is 5.34. The molecule has 3 heterocycles. The van der Waals surface area contributed by atoms with Crippen LogP contribution in [0.3, 0.4) is 0 Å². The van der Waals surface area contributed by atoms with Crippen molar-refractivity contribution in [3.05, 3.63) is 52.1 Å². The number of rotatable bonds is 4. The maximum Gasteiger partial charge on any atom is 0.338 e. The van der Waals surface area contributed by atoms with Crippen LogP contribution in [0.25, 0.3) is 6.08 Å². The molecule has 24 heavy (non-hydrogen) atoms. The summed E-state index contributed by atoms with van der Waals surface area (Å²) in [5.41, 5.74) is -0.00107. The highest BCUT2D eigenvalue weighted by molar-refractivity contribution is 7.10. The smallest absolute Gasteiger partial charge is 0.338 e. The minimum absolute atomic E-state index is 0.000443. The molecule has 0 aromatic carbocycles. The van der Waals surface area contributed by atoms with Crippen LogP contribution >= 0.6 is 11.3 Å². The maximum atomic E-state index is 12.8. The van der Waals surface area contributed by atoms with Crippen molar-refractivity contribution < 1.29 is 19.1 Å². The zero-order valence-electron chi connectivity index (χ0n) is 13.2. The second kappa shape index (κ2) is 7.49. The highest BCUT2D eigenvalue weighted by atomic mass is 32.1. The summed E-state index contributed by atoms with van der Waals surface area (Å²) in [4.78, 5) is 26.7. The Morgan fingerprint density at radius 3 is 2.92 bits per heavy atom. The Hall–Kier alpha value is -2.34. The summed E-state index contributed by atoms with van der Waals surface area (Å²) in [6.07, 6.45) is 9.24. The van der Waals surface area contributed by atoms with Crippen molar-refractivity contribution in [2.24, 2.45) is 0 Å². The van der Waals surface area contributed by atoms with Crippen LogP contribution in [0.15, 0.2) is 40.3 Å². The largest absolute Gasteiger partial charge is 0.478 e. The van der Waals surface area contributed by atoms with Gasteiger partial charge in [-0.3, -0.25) is 4.79 Å². The predicted molar refractivity (Wildman–Crippen MR) is 92.3 cm³/mol. The molecular formula is C18H19NO4S. The second-order valence-corrected chi connectivity index (χ2v) is 6.77. The van der Waals surface area contributed by atoms with Crippen LogP contribution in [-0.2, 0) is 0 Å². The molecule has 1 atom stereocenters. The van der Waals surface area contributed by atoms with Crippen LogP contribution in [0.1, 0.15) is 51.5 Å². The Kier molecular flexibility index (Phi) is 5.15. The fourth-order valence-electron chi connectivity index (χ4n) is 2.88. The fourth-order valence-corrected chi connectivity index (χ4v) is 3.51. The normalized spacial score (nSPS) is 18.7. The van der Waals surface area contributed by atoms with Crippen LogP contribution < -0.4 is 0 Å². The minimum Gasteiger partial charge on any atom is -0.478 e. The summed E-state index contributed by atoms with van der Waals surface area (Å²) in [5.74, 6) is -1.25. The number of carbonyl (C=O) groups excluding carboxylic acids is 1. The molecule has 0 radical (unpaired) electrons. The molecule has 0 aliphatic carbocycles. The minimum atomic E-state index is -1.09. The third kappa shape index (κ3) is 3.76. The van der Waals surface area contributed by atoms with Crippen molar-refractivity contribution in [2.45, 2.75) is 31.7 Å². The molecule has 5 nitrogen and oxygen atoms in total. The molecule has 1 aliphatic heterocycles. The third-order valence-corrected chi connectivity index (χ3v) is 4.98. The molecule has 0 bridgehead atoms. The van der Waals surface area contributed by atoms with Crippen LogP contribution in [0.4, 0.5) is 0 Å². The van der Waals surface area contributed by atoms with Gasteiger partial charge in [0, 0.05) is 17.5 Å². The van der Waals surface area contributed by atoms with Crippen LogP contribution in [0.2, 0.25) is 0 Å². The number of furan rings is 1. The van der Waals surface area contributed by atoms with Gasteiger partial charge in [-0.1, -0.05) is 25.0 Å². The van der Waals surface area contributed by atoms with Gasteiger partial charge in [-0.2, -0.15) is 0 Å². The first kappa shape index (κ1) is 16.5. The Morgan fingerprint density at radius 2 is 2.21 bits per heavy atom. The van der Waals surface area contributed by atoms with Crippen molar-refractivity contribution >= 4 is 29.3 Å². The zero-order valence-corrected chi connectivity index (χ0v) is 14.0. The van der Waals surface area contributed by atoms with E-state index in [9.17, 15) is 9.59 Å². The summed E-state index contributed by atoms with van der Waals surface area (Å²) < 4.78 is 5.19. The molecule has 1 fully saturated rings. The number of amides is 1. The predicted octanol–water partition coefficient (Wildman–Crippen LogP) is 4.14. The van der Waals surface area contributed by atoms with Gasteiger partial charge in [-0.25, -0.2) is 4.79 Å². The number of carboxylic acid groups (broad SMARTS) is 1. The van der Waals surface area contributed by atoms with E-state index in [1.165, 1.54) is 6.07 Å². The van der Waals surface area contributed by atoms with Crippen molar-refractivity contribution in [1.29, 1.82) is 0 Å². The first-order chi connectivity index (χ1) is 11.6. The average Bonchev–Trinajstić information content (AvgIpc) is 3.21. The lowest BCUT2D eigenvalue weighted by Crippen LogP contribution is -2.38. The second-order valence-electron chi connectivity index (χ2n) is 5.79. The van der Waals surface area contributed by atoms with Crippen molar-refractivity contribution in [2.75, 3.05) is 6.54 Å². The van der Waals surface area contributed by atoms with Crippen molar-refractivity contribution in [3.63, 3.8) is 0 Å². The number of likely N-dealkylation sites (tertiary alicyclic amines) is 1. The molecule has 2 aromatic rings. The number of hydrogen-bond acceptors (Lipinski definition) is 4. The zero-order chi connectivity index (χ0) is 16.9. The lowest BCUT2D eigenvalue weighted by molar-refractivity contribution is 0.0681. The third-order valence-electron chi connectivity index (χ3n) is 4.14. The van der Waals surface area contributed by atoms with Gasteiger partial charge in [0.05, 0.1) is 11.6 Å². The molecule has 1 amide bonds. The summed E-state index contributed by atoms with van der Waals surface area (Å²) >= 11 is 1.66. The number of thiophene rings is 1. The summed E-state index contributed by atoms with van der Waals surface area (Å²) in [6.45, 7) is 0.654. The summed E-state index contributed by atoms with van der Waals surface area (Å²) in [5, 5.41) is 11.0. The average molecular weight is 345 g/mol. The Labute approximate surface area is 144 Å². The Balaban J connectivity index is 1.80. The Morgan fingerprint density at radius 1 is 1.33 bits per heavy atom. The van der Waals surface area contributed by atoms with Crippen molar-refractivity contribution in [1.82, 2.24) is 4.90 Å². The van der Waals surface area contributed by atoms with Gasteiger partial charge < -0.3 is 14.4 Å². The number of nitrogens with zero attached hydrogens (tertiary/aromatic N) is 1. The van der Waals surface area contributed by atoms with E-state index >= 15 is 0 Å². The van der Waals surface area contributed by atoms with Crippen LogP contribution in [-0.4, -0.2) is 34.5 Å². The molecule has 0 spiro atoms. The van der Waals surface area contributed by atoms with Gasteiger partial charge in [0.2, 0.25) is 0 Å². The standard InChI is InChI=1S/C18H19NO4S/c20-17(16-11-13(12-23-16)18(21)22)19-9-3-1-2-5-14(19)7-8-15-6-4-10-24-15/h4,6-8,10-12,14H,1-3,5,9H2,(H,21,22)/b8-7+. The molecular weight excluding hydrogens is 326 g/mol. The molecule has 1 aliphatic rings. The maximum absolute atomic E-state index is 12.8. The molecule has 6 heteroatoms. The molecule has 1 N–H and O–H groups in total. The number of carbonyl (C=O) groups is 2. The highest BCUT2D eigenvalue weighted by Gasteiger charge is 2.27. The van der Waals surface area contributed by atoms with E-state index in [2.05, 4.69) is 6.08 Å². The van der Waals surface area contributed by atoms with Gasteiger partial charge in [0.25, 0.3) is 5.91 Å². The molecule has 2 aromatic heterocycles. The van der Waals surface area contributed by atoms with E-state index in [0.717, 1.165) is 36.8 Å². The Bertz CT molecular complexity index is 732. The van der Waals surface area contributed by atoms with E-state index in [0.29, 0.717) is 6.54 Å². The van der Waals surface area contributed by atoms with E-state index in [1.807, 2.05) is 23.6 Å². The molecule has 3 rings (SSSR count). The van der Waals surface area contributed by atoms with Gasteiger partial charge in [0.15, 0.2) is 5.76 Å². The lowest BCUT2D eigenvalue weighted by atomic mass is 10.1. The number of aromatic carboxylic acids is 1. The molecule has 0 saturated carbocycles. The lowest BCUT2D eigenvalue weighted by Gasteiger charge is -2.27. The van der Waals surface area contributed by atoms with E-state index < -0.39 is 5.97 Å². The van der Waals surface area contributed by atoms with Gasteiger partial charge >= 0.3 is 5.97 Å². The van der Waals surface area contributed by atoms with Crippen molar-refractivity contribution in [3.8, 4) is 0 Å². The van der Waals surface area contributed by atoms with Gasteiger partial charge in [-0.15, -0.1) is 11.3 Å². The van der Waals surface area contributed by atoms with Gasteiger partial charge in [-0.05, 0) is 30.4 Å². The quantitative estimate of drug-likeness (QED) is 0.904. The van der Waals surface area contributed by atoms with E-state index in [4.69, 9.17) is 9.52 Å². The van der Waals surface area contributed by atoms with Crippen LogP contribution in [0, 0.1) is 0 Å². The van der Waals surface area contributed by atoms with Gasteiger partial charge in [0.1, 0.15) is 6.26 Å². The monoisotopic (exact) mass is 345 g/mol.